The van der Waals surface area contributed by atoms with E-state index in [0.717, 1.165) is 60.7 Å². The minimum absolute atomic E-state index is 0. The van der Waals surface area contributed by atoms with E-state index in [0.29, 0.717) is 0 Å². The van der Waals surface area contributed by atoms with Gasteiger partial charge in [-0.15, -0.1) is 11.4 Å². The van der Waals surface area contributed by atoms with E-state index in [4.69, 9.17) is 22.9 Å². The summed E-state index contributed by atoms with van der Waals surface area (Å²) in [6.07, 6.45) is 0. The Hall–Kier alpha value is -5.97. The van der Waals surface area contributed by atoms with E-state index in [1.165, 1.54) is 0 Å². The molecule has 1 radical (unpaired) electrons. The molecule has 4 aromatic rings. The maximum atomic E-state index is 11.6. The van der Waals surface area contributed by atoms with Crippen molar-refractivity contribution in [2.75, 3.05) is 11.5 Å². The number of nitrogens with zero attached hydrogens (tertiary/aromatic N) is 6. The predicted molar refractivity (Wildman–Crippen MR) is 162 cm³/mol. The molecule has 0 amide bonds. The van der Waals surface area contributed by atoms with Crippen LogP contribution >= 0.6 is 0 Å². The Morgan fingerprint density at radius 2 is 0.898 bits per heavy atom. The van der Waals surface area contributed by atoms with Crippen molar-refractivity contribution in [1.29, 1.82) is 0 Å². The third-order valence-corrected chi connectivity index (χ3v) is 7.42. The summed E-state index contributed by atoms with van der Waals surface area (Å²) in [4.78, 5) is 18.3. The largest absolute Gasteiger partial charge is 3.00 e. The van der Waals surface area contributed by atoms with Crippen LogP contribution in [0.5, 0.6) is 11.5 Å². The molecule has 25 heteroatoms. The molecule has 0 saturated carbocycles. The van der Waals surface area contributed by atoms with Crippen LogP contribution in [0.15, 0.2) is 90.9 Å². The molecular formula is C24H19CrN10O12S2. The van der Waals surface area contributed by atoms with Gasteiger partial charge in [0.25, 0.3) is 11.4 Å². The summed E-state index contributed by atoms with van der Waals surface area (Å²) in [5.74, 6) is -1.33. The van der Waals surface area contributed by atoms with Gasteiger partial charge in [0.1, 0.15) is 20.2 Å². The number of rotatable bonds is 8. The molecule has 0 heterocycles. The van der Waals surface area contributed by atoms with Crippen molar-refractivity contribution in [3.63, 3.8) is 0 Å². The molecule has 4 rings (SSSR count). The monoisotopic (exact) mass is 755 g/mol. The van der Waals surface area contributed by atoms with Gasteiger partial charge >= 0.3 is 21.6 Å². The van der Waals surface area contributed by atoms with E-state index < -0.39 is 74.1 Å². The summed E-state index contributed by atoms with van der Waals surface area (Å²) in [5.41, 5.74) is 22.2. The second-order valence-corrected chi connectivity index (χ2v) is 11.6. The molecule has 0 saturated heterocycles. The topological polar surface area (TPSA) is 396 Å². The summed E-state index contributed by atoms with van der Waals surface area (Å²) >= 11 is 0. The number of benzene rings is 4. The zero-order chi connectivity index (χ0) is 36.1. The fourth-order valence-electron chi connectivity index (χ4n) is 3.38. The molecule has 0 bridgehead atoms. The van der Waals surface area contributed by atoms with E-state index in [1.54, 1.807) is 0 Å². The minimum atomic E-state index is -4.89. The number of non-ortho nitro benzene ring substituents is 2. The average Bonchev–Trinajstić information content (AvgIpc) is 2.96. The van der Waals surface area contributed by atoms with E-state index in [2.05, 4.69) is 20.5 Å². The molecule has 22 nitrogen and oxygen atoms in total. The van der Waals surface area contributed by atoms with Crippen LogP contribution in [0.3, 0.4) is 0 Å². The number of nitrogens with two attached hydrogens (primary N) is 2. The zero-order valence-electron chi connectivity index (χ0n) is 26.7. The number of hydrogen-bond acceptors (Lipinski definition) is 18. The fraction of sp³-hybridized carbons (Fsp3) is 0. The Labute approximate surface area is 289 Å². The van der Waals surface area contributed by atoms with Crippen LogP contribution in [0.1, 0.15) is 4.28 Å². The molecule has 6 N–H and O–H groups in total. The Morgan fingerprint density at radius 1 is 0.592 bits per heavy atom. The van der Waals surface area contributed by atoms with Gasteiger partial charge in [-0.3, -0.25) is 20.2 Å². The maximum Gasteiger partial charge on any atom is 3.00 e. The summed E-state index contributed by atoms with van der Waals surface area (Å²) in [7, 11) is -9.79. The van der Waals surface area contributed by atoms with Gasteiger partial charge in [0.15, 0.2) is 0 Å². The van der Waals surface area contributed by atoms with E-state index in [9.17, 15) is 56.4 Å². The van der Waals surface area contributed by atoms with Gasteiger partial charge in [0.2, 0.25) is 0 Å². The number of azo groups is 2. The van der Waals surface area contributed by atoms with Crippen molar-refractivity contribution >= 4 is 77.1 Å². The predicted octanol–water partition coefficient (Wildman–Crippen LogP) is 4.84. The van der Waals surface area contributed by atoms with Crippen LogP contribution in [0.2, 0.25) is 0 Å². The van der Waals surface area contributed by atoms with Gasteiger partial charge in [-0.25, -0.2) is 16.8 Å². The maximum absolute atomic E-state index is 11.6. The second kappa shape index (κ2) is 15.3. The van der Waals surface area contributed by atoms with Crippen molar-refractivity contribution in [3.8, 4) is 11.5 Å². The van der Waals surface area contributed by atoms with E-state index in [-0.39, 0.29) is 55.8 Å². The Kier molecular flexibility index (Phi) is 12.2. The first-order valence-corrected chi connectivity index (χ1v) is 15.0. The van der Waals surface area contributed by atoms with Crippen LogP contribution in [0.25, 0.3) is 11.5 Å². The Bertz CT molecular complexity index is 2090. The van der Waals surface area contributed by atoms with Gasteiger partial charge in [0.05, 0.1) is 42.4 Å². The zero-order valence-corrected chi connectivity index (χ0v) is 26.6. The molecule has 0 spiro atoms. The molecule has 0 aliphatic heterocycles. The van der Waals surface area contributed by atoms with Gasteiger partial charge in [-0.1, -0.05) is 35.8 Å². The molecule has 49 heavy (non-hydrogen) atoms. The molecule has 0 aromatic heterocycles. The number of anilines is 2. The molecule has 0 aliphatic rings. The van der Waals surface area contributed by atoms with Crippen molar-refractivity contribution in [2.24, 2.45) is 20.5 Å². The molecule has 4 aromatic carbocycles. The first kappa shape index (κ1) is 39.2. The number of hydrogen-bond donors (Lipinski definition) is 2. The van der Waals surface area contributed by atoms with Crippen molar-refractivity contribution < 1.29 is 67.6 Å². The smallest absolute Gasteiger partial charge is 0.871 e. The third-order valence-electron chi connectivity index (χ3n) is 5.63. The molecule has 0 atom stereocenters. The molecular weight excluding hydrogens is 736 g/mol. The van der Waals surface area contributed by atoms with Crippen molar-refractivity contribution in [2.45, 2.75) is 9.79 Å². The number of nitrogen functional groups attached to an aromatic ring is 2. The first-order chi connectivity index (χ1) is 22.2. The Balaban J connectivity index is 0. The number of nitro groups is 2. The SMILES string of the molecule is [Cr+3].[H+].[H+].[H+].[NH-]c1cc(N)c(S(=O)(=O)[O-])cc1N=Nc1cc([N+](=O)[O-])ccc1[O-].[NH-]c1cc(N)c(S(=O)(=O)[O-])cc1N=Nc1cc([N+](=O)[O-])ccc1[O-]. The van der Waals surface area contributed by atoms with Gasteiger partial charge < -0.3 is 42.3 Å². The van der Waals surface area contributed by atoms with Crippen LogP contribution < -0.4 is 21.7 Å². The number of nitrogens with one attached hydrogen (secondary N) is 2. The molecule has 255 valence electrons. The minimum Gasteiger partial charge on any atom is -0.871 e. The van der Waals surface area contributed by atoms with Gasteiger partial charge in [-0.05, 0) is 12.1 Å². The summed E-state index contributed by atoms with van der Waals surface area (Å²) < 4.78 is 66.4. The van der Waals surface area contributed by atoms with E-state index >= 15 is 0 Å². The number of nitro benzene ring substituents is 2. The Morgan fingerprint density at radius 3 is 1.18 bits per heavy atom. The van der Waals surface area contributed by atoms with Crippen molar-refractivity contribution in [1.82, 2.24) is 0 Å². The molecule has 0 aliphatic carbocycles. The normalized spacial score (nSPS) is 11.5. The molecule has 0 fully saturated rings. The van der Waals surface area contributed by atoms with E-state index in [1.807, 2.05) is 0 Å². The van der Waals surface area contributed by atoms with Gasteiger partial charge in [-0.2, -0.15) is 20.5 Å². The second-order valence-electron chi connectivity index (χ2n) is 8.94. The third kappa shape index (κ3) is 10.0. The molecule has 0 unspecified atom stereocenters. The van der Waals surface area contributed by atoms with Crippen LogP contribution in [-0.4, -0.2) is 35.8 Å². The summed E-state index contributed by atoms with van der Waals surface area (Å²) in [6, 6.07) is 8.84. The standard InChI is InChI=1S/2C12H10N5O6S.Cr/c2*13-7-4-8(14)12(24(21,22)23)5-9(7)15-16-10-3-6(17(19)20)1-2-11(10)18;/h2*1-5H,(H5-,13,14,15,16,18,21,22,23);/q2*-1;+3/p-1. The average molecular weight is 756 g/mol. The van der Waals surface area contributed by atoms with Crippen LogP contribution in [-0.2, 0) is 37.6 Å². The van der Waals surface area contributed by atoms with Crippen LogP contribution in [0, 0.1) is 20.2 Å². The van der Waals surface area contributed by atoms with Gasteiger partial charge in [0, 0.05) is 35.6 Å². The van der Waals surface area contributed by atoms with Crippen LogP contribution in [0.4, 0.5) is 56.9 Å². The quantitative estimate of drug-likeness (QED) is 0.0798. The summed E-state index contributed by atoms with van der Waals surface area (Å²) in [6.45, 7) is 0. The first-order valence-electron chi connectivity index (χ1n) is 12.2. The fourth-order valence-corrected chi connectivity index (χ4v) is 4.59. The summed E-state index contributed by atoms with van der Waals surface area (Å²) in [5, 5.41) is 58.5. The van der Waals surface area contributed by atoms with Crippen molar-refractivity contribution in [3.05, 3.63) is 92.4 Å².